The minimum absolute atomic E-state index is 0.213. The molecule has 2 unspecified atom stereocenters. The number of unbranched alkanes of at least 4 members (excludes halogenated alkanes) is 2. The number of carbonyl (C=O) groups is 1. The molecular formula is C25H40O3S. The van der Waals surface area contributed by atoms with Gasteiger partial charge in [0.1, 0.15) is 5.78 Å². The van der Waals surface area contributed by atoms with Crippen molar-refractivity contribution in [2.45, 2.75) is 96.7 Å². The van der Waals surface area contributed by atoms with Crippen LogP contribution in [0.4, 0.5) is 0 Å². The third-order valence-electron chi connectivity index (χ3n) is 6.33. The lowest BCUT2D eigenvalue weighted by Crippen LogP contribution is -2.30. The van der Waals surface area contributed by atoms with Crippen LogP contribution < -0.4 is 0 Å². The Morgan fingerprint density at radius 1 is 0.931 bits per heavy atom. The first kappa shape index (κ1) is 24.1. The van der Waals surface area contributed by atoms with Crippen molar-refractivity contribution in [2.75, 3.05) is 5.75 Å². The maximum atomic E-state index is 12.3. The van der Waals surface area contributed by atoms with Crippen LogP contribution in [0.1, 0.15) is 96.6 Å². The molecule has 2 rings (SSSR count). The zero-order valence-electron chi connectivity index (χ0n) is 19.0. The van der Waals surface area contributed by atoms with E-state index in [1.165, 1.54) is 24.8 Å². The van der Waals surface area contributed by atoms with Gasteiger partial charge in [-0.25, -0.2) is 8.42 Å². The van der Waals surface area contributed by atoms with E-state index >= 15 is 0 Å². The molecule has 4 heteroatoms. The van der Waals surface area contributed by atoms with E-state index in [0.29, 0.717) is 25.2 Å². The molecule has 29 heavy (non-hydrogen) atoms. The zero-order valence-corrected chi connectivity index (χ0v) is 19.9. The first-order valence-corrected chi connectivity index (χ1v) is 13.0. The minimum Gasteiger partial charge on any atom is -0.299 e. The SMILES string of the molecule is CC1CC(C)CC(c2ccc(CC(=O)CCCCCS(=O)(=O)C(C)(C)C)cc2)C1. The third kappa shape index (κ3) is 7.55. The molecule has 1 saturated carbocycles. The fourth-order valence-electron chi connectivity index (χ4n) is 4.54. The highest BCUT2D eigenvalue weighted by Crippen LogP contribution is 2.39. The first-order valence-electron chi connectivity index (χ1n) is 11.3. The van der Waals surface area contributed by atoms with Crippen LogP contribution in [0.25, 0.3) is 0 Å². The van der Waals surface area contributed by atoms with Gasteiger partial charge < -0.3 is 0 Å². The molecule has 1 aromatic carbocycles. The molecule has 0 radical (unpaired) electrons. The Kier molecular flexibility index (Phi) is 8.51. The highest BCUT2D eigenvalue weighted by Gasteiger charge is 2.28. The van der Waals surface area contributed by atoms with Crippen molar-refractivity contribution in [3.63, 3.8) is 0 Å². The molecule has 1 aliphatic carbocycles. The van der Waals surface area contributed by atoms with Crippen LogP contribution in [0.2, 0.25) is 0 Å². The van der Waals surface area contributed by atoms with Gasteiger partial charge in [-0.3, -0.25) is 4.79 Å². The maximum Gasteiger partial charge on any atom is 0.155 e. The number of benzene rings is 1. The van der Waals surface area contributed by atoms with Gasteiger partial charge >= 0.3 is 0 Å². The van der Waals surface area contributed by atoms with E-state index in [-0.39, 0.29) is 11.5 Å². The summed E-state index contributed by atoms with van der Waals surface area (Å²) >= 11 is 0. The van der Waals surface area contributed by atoms with E-state index < -0.39 is 14.6 Å². The number of hydrogen-bond donors (Lipinski definition) is 0. The second-order valence-corrected chi connectivity index (χ2v) is 13.2. The van der Waals surface area contributed by atoms with Gasteiger partial charge in [-0.05, 0) is 81.8 Å². The molecule has 0 N–H and O–H groups in total. The van der Waals surface area contributed by atoms with Crippen molar-refractivity contribution in [2.24, 2.45) is 11.8 Å². The van der Waals surface area contributed by atoms with Gasteiger partial charge in [0, 0.05) is 12.8 Å². The summed E-state index contributed by atoms with van der Waals surface area (Å²) in [6.07, 6.45) is 7.10. The van der Waals surface area contributed by atoms with Crippen LogP contribution in [-0.4, -0.2) is 24.7 Å². The molecule has 0 amide bonds. The summed E-state index contributed by atoms with van der Waals surface area (Å²) in [5.41, 5.74) is 2.51. The Balaban J connectivity index is 1.73. The topological polar surface area (TPSA) is 51.2 Å². The van der Waals surface area contributed by atoms with Crippen molar-refractivity contribution < 1.29 is 13.2 Å². The molecule has 0 bridgehead atoms. The van der Waals surface area contributed by atoms with Gasteiger partial charge in [-0.2, -0.15) is 0 Å². The molecule has 1 aliphatic rings. The van der Waals surface area contributed by atoms with Crippen molar-refractivity contribution in [1.82, 2.24) is 0 Å². The van der Waals surface area contributed by atoms with E-state index in [2.05, 4.69) is 38.1 Å². The van der Waals surface area contributed by atoms with E-state index in [9.17, 15) is 13.2 Å². The van der Waals surface area contributed by atoms with Crippen LogP contribution in [0.15, 0.2) is 24.3 Å². The number of ketones is 1. The Hall–Kier alpha value is -1.16. The summed E-state index contributed by atoms with van der Waals surface area (Å²) in [5, 5.41) is 0. The summed E-state index contributed by atoms with van der Waals surface area (Å²) < 4.78 is 23.5. The summed E-state index contributed by atoms with van der Waals surface area (Å²) in [5.74, 6) is 2.70. The lowest BCUT2D eigenvalue weighted by molar-refractivity contribution is -0.118. The van der Waals surface area contributed by atoms with E-state index in [1.54, 1.807) is 20.8 Å². The Morgan fingerprint density at radius 3 is 2.07 bits per heavy atom. The quantitative estimate of drug-likeness (QED) is 0.453. The predicted molar refractivity (Wildman–Crippen MR) is 122 cm³/mol. The minimum atomic E-state index is -3.05. The average molecular weight is 421 g/mol. The lowest BCUT2D eigenvalue weighted by Gasteiger charge is -2.31. The van der Waals surface area contributed by atoms with E-state index in [1.807, 2.05) is 0 Å². The van der Waals surface area contributed by atoms with Gasteiger partial charge in [-0.15, -0.1) is 0 Å². The highest BCUT2D eigenvalue weighted by atomic mass is 32.2. The molecule has 3 nitrogen and oxygen atoms in total. The fraction of sp³-hybridized carbons (Fsp3) is 0.720. The molecule has 164 valence electrons. The average Bonchev–Trinajstić information content (AvgIpc) is 2.60. The Morgan fingerprint density at radius 2 is 1.52 bits per heavy atom. The molecule has 0 heterocycles. The van der Waals surface area contributed by atoms with Crippen LogP contribution in [0.3, 0.4) is 0 Å². The van der Waals surface area contributed by atoms with Crippen LogP contribution >= 0.6 is 0 Å². The Bertz CT molecular complexity index is 746. The molecule has 1 aromatic rings. The van der Waals surface area contributed by atoms with Gasteiger partial charge in [0.05, 0.1) is 10.5 Å². The lowest BCUT2D eigenvalue weighted by atomic mass is 9.74. The second kappa shape index (κ2) is 10.2. The van der Waals surface area contributed by atoms with Gasteiger partial charge in [0.25, 0.3) is 0 Å². The molecule has 2 atom stereocenters. The van der Waals surface area contributed by atoms with Crippen LogP contribution in [-0.2, 0) is 21.1 Å². The summed E-state index contributed by atoms with van der Waals surface area (Å²) in [7, 11) is -3.05. The standard InChI is InChI=1S/C25H40O3S/c1-19-15-20(2)17-23(16-19)22-12-10-21(11-13-22)18-24(26)9-7-6-8-14-29(27,28)25(3,4)5/h10-13,19-20,23H,6-9,14-18H2,1-5H3. The second-order valence-electron chi connectivity index (χ2n) is 10.3. The number of carbonyl (C=O) groups excluding carboxylic acids is 1. The van der Waals surface area contributed by atoms with Crippen LogP contribution in [0, 0.1) is 11.8 Å². The molecule has 1 fully saturated rings. The molecular weight excluding hydrogens is 380 g/mol. The fourth-order valence-corrected chi connectivity index (χ4v) is 5.74. The van der Waals surface area contributed by atoms with Gasteiger partial charge in [0.2, 0.25) is 0 Å². The van der Waals surface area contributed by atoms with Crippen molar-refractivity contribution in [3.8, 4) is 0 Å². The summed E-state index contributed by atoms with van der Waals surface area (Å²) in [4.78, 5) is 12.3. The monoisotopic (exact) mass is 420 g/mol. The Labute approximate surface area is 178 Å². The predicted octanol–water partition coefficient (Wildman–Crippen LogP) is 6.11. The smallest absolute Gasteiger partial charge is 0.155 e. The number of Topliss-reactive ketones (excluding diaryl/α,β-unsaturated/α-hetero) is 1. The van der Waals surface area contributed by atoms with Gasteiger partial charge in [-0.1, -0.05) is 44.5 Å². The number of sulfone groups is 1. The zero-order chi connectivity index (χ0) is 21.7. The van der Waals surface area contributed by atoms with Crippen molar-refractivity contribution in [3.05, 3.63) is 35.4 Å². The first-order chi connectivity index (χ1) is 13.5. The molecule has 0 spiro atoms. The molecule has 0 aliphatic heterocycles. The van der Waals surface area contributed by atoms with E-state index in [0.717, 1.165) is 30.2 Å². The van der Waals surface area contributed by atoms with Crippen molar-refractivity contribution in [1.29, 1.82) is 0 Å². The number of hydrogen-bond acceptors (Lipinski definition) is 3. The normalized spacial score (nSPS) is 23.1. The van der Waals surface area contributed by atoms with Crippen LogP contribution in [0.5, 0.6) is 0 Å². The third-order valence-corrected chi connectivity index (χ3v) is 9.02. The summed E-state index contributed by atoms with van der Waals surface area (Å²) in [6.45, 7) is 9.94. The van der Waals surface area contributed by atoms with Crippen molar-refractivity contribution >= 4 is 15.6 Å². The van der Waals surface area contributed by atoms with Gasteiger partial charge in [0.15, 0.2) is 9.84 Å². The highest BCUT2D eigenvalue weighted by molar-refractivity contribution is 7.92. The molecule has 0 aromatic heterocycles. The summed E-state index contributed by atoms with van der Waals surface area (Å²) in [6, 6.07) is 8.67. The number of rotatable bonds is 9. The maximum absolute atomic E-state index is 12.3. The molecule has 0 saturated heterocycles. The van der Waals surface area contributed by atoms with E-state index in [4.69, 9.17) is 0 Å². The largest absolute Gasteiger partial charge is 0.299 e.